The van der Waals surface area contributed by atoms with Crippen LogP contribution in [0.25, 0.3) is 25.9 Å². The molecule has 0 aliphatic heterocycles. The predicted molar refractivity (Wildman–Crippen MR) is 83.7 cm³/mol. The van der Waals surface area contributed by atoms with Gasteiger partial charge < -0.3 is 14.8 Å². The highest BCUT2D eigenvalue weighted by Crippen LogP contribution is 2.34. The van der Waals surface area contributed by atoms with Gasteiger partial charge in [-0.3, -0.25) is 0 Å². The molecule has 2 N–H and O–H groups in total. The number of thiophene rings is 1. The van der Waals surface area contributed by atoms with E-state index >= 15 is 0 Å². The van der Waals surface area contributed by atoms with Gasteiger partial charge in [-0.25, -0.2) is 4.98 Å². The van der Waals surface area contributed by atoms with Crippen molar-refractivity contribution in [2.45, 2.75) is 0 Å². The number of hydrogen-bond donors (Lipinski definition) is 2. The number of aliphatic hydroxyl groups excluding tert-OH is 1. The minimum absolute atomic E-state index is 0.0962. The maximum Gasteiger partial charge on any atom is 0.152 e. The van der Waals surface area contributed by atoms with Gasteiger partial charge in [0.15, 0.2) is 5.82 Å². The van der Waals surface area contributed by atoms with E-state index in [0.29, 0.717) is 6.54 Å². The molecule has 3 heterocycles. The Hall–Kier alpha value is -2.11. The molecule has 4 nitrogen and oxygen atoms in total. The monoisotopic (exact) mass is 283 g/mol. The fourth-order valence-electron chi connectivity index (χ4n) is 2.56. The number of fused-ring (bicyclic) bond motifs is 5. The molecule has 0 saturated heterocycles. The Balaban J connectivity index is 2.11. The number of nitrogens with one attached hydrogen (secondary N) is 1. The smallest absolute Gasteiger partial charge is 0.152 e. The minimum Gasteiger partial charge on any atom is -0.395 e. The van der Waals surface area contributed by atoms with E-state index in [0.717, 1.165) is 21.7 Å². The largest absolute Gasteiger partial charge is 0.395 e. The van der Waals surface area contributed by atoms with Gasteiger partial charge in [-0.2, -0.15) is 0 Å². The lowest BCUT2D eigenvalue weighted by Crippen LogP contribution is -2.08. The van der Waals surface area contributed by atoms with Crippen molar-refractivity contribution in [2.24, 2.45) is 0 Å². The molecule has 0 spiro atoms. The van der Waals surface area contributed by atoms with Crippen molar-refractivity contribution in [1.82, 2.24) is 9.38 Å². The summed E-state index contributed by atoms with van der Waals surface area (Å²) in [5.41, 5.74) is 2.19. The molecule has 1 aromatic carbocycles. The van der Waals surface area contributed by atoms with Gasteiger partial charge in [0.05, 0.1) is 17.6 Å². The van der Waals surface area contributed by atoms with Gasteiger partial charge >= 0.3 is 0 Å². The van der Waals surface area contributed by atoms with Gasteiger partial charge in [-0.05, 0) is 18.2 Å². The SMILES string of the molecule is OCCNc1nc2sc3ccccc3c2n2cccc12. The lowest BCUT2D eigenvalue weighted by atomic mass is 10.2. The van der Waals surface area contributed by atoms with Crippen LogP contribution in [0.1, 0.15) is 0 Å². The highest BCUT2D eigenvalue weighted by atomic mass is 32.1. The van der Waals surface area contributed by atoms with Gasteiger partial charge in [0.2, 0.25) is 0 Å². The second kappa shape index (κ2) is 4.47. The van der Waals surface area contributed by atoms with E-state index in [2.05, 4.69) is 40.2 Å². The van der Waals surface area contributed by atoms with E-state index in [1.54, 1.807) is 11.3 Å². The summed E-state index contributed by atoms with van der Waals surface area (Å²) in [6.07, 6.45) is 2.06. The first kappa shape index (κ1) is 11.7. The molecule has 0 fully saturated rings. The molecule has 0 unspecified atom stereocenters. The molecule has 5 heteroatoms. The number of anilines is 1. The van der Waals surface area contributed by atoms with Crippen LogP contribution in [0.4, 0.5) is 5.82 Å². The van der Waals surface area contributed by atoms with Crippen molar-refractivity contribution in [2.75, 3.05) is 18.5 Å². The Kier molecular flexibility index (Phi) is 2.61. The van der Waals surface area contributed by atoms with E-state index < -0.39 is 0 Å². The van der Waals surface area contributed by atoms with Crippen LogP contribution in [-0.2, 0) is 0 Å². The Morgan fingerprint density at radius 3 is 3.00 bits per heavy atom. The quantitative estimate of drug-likeness (QED) is 0.607. The van der Waals surface area contributed by atoms with E-state index in [-0.39, 0.29) is 6.61 Å². The summed E-state index contributed by atoms with van der Waals surface area (Å²) in [4.78, 5) is 5.74. The standard InChI is InChI=1S/C15H13N3OS/c19-9-7-16-14-11-5-3-8-18(11)13-10-4-1-2-6-12(10)20-15(13)17-14/h1-6,8,19H,7,9H2,(H,16,17). The summed E-state index contributed by atoms with van der Waals surface area (Å²) in [5.74, 6) is 0.822. The molecule has 0 aliphatic rings. The number of aliphatic hydroxyl groups is 1. The van der Waals surface area contributed by atoms with Crippen LogP contribution in [0.3, 0.4) is 0 Å². The number of nitrogens with zero attached hydrogens (tertiary/aromatic N) is 2. The van der Waals surface area contributed by atoms with Crippen LogP contribution < -0.4 is 5.32 Å². The lowest BCUT2D eigenvalue weighted by Gasteiger charge is -2.07. The van der Waals surface area contributed by atoms with Crippen molar-refractivity contribution in [3.05, 3.63) is 42.6 Å². The van der Waals surface area contributed by atoms with Crippen molar-refractivity contribution in [3.63, 3.8) is 0 Å². The first-order valence-corrected chi connectivity index (χ1v) is 7.33. The Bertz CT molecular complexity index is 909. The van der Waals surface area contributed by atoms with Gasteiger partial charge in [-0.1, -0.05) is 18.2 Å². The molecule has 0 atom stereocenters. The summed E-state index contributed by atoms with van der Waals surface area (Å²) in [6.45, 7) is 0.600. The number of benzene rings is 1. The van der Waals surface area contributed by atoms with E-state index in [1.807, 2.05) is 12.1 Å². The molecule has 3 aromatic heterocycles. The van der Waals surface area contributed by atoms with Gasteiger partial charge in [0.25, 0.3) is 0 Å². The first-order chi connectivity index (χ1) is 9.88. The molecule has 100 valence electrons. The van der Waals surface area contributed by atoms with E-state index in [4.69, 9.17) is 10.1 Å². The molecule has 0 aliphatic carbocycles. The molecule has 4 rings (SSSR count). The number of aromatic nitrogens is 2. The summed E-state index contributed by atoms with van der Waals surface area (Å²) in [7, 11) is 0. The molecular formula is C15H13N3OS. The second-order valence-corrected chi connectivity index (χ2v) is 5.66. The van der Waals surface area contributed by atoms with Crippen LogP contribution in [0.2, 0.25) is 0 Å². The summed E-state index contributed by atoms with van der Waals surface area (Å²) in [5, 5.41) is 13.4. The summed E-state index contributed by atoms with van der Waals surface area (Å²) >= 11 is 1.69. The third-order valence-corrected chi connectivity index (χ3v) is 4.46. The van der Waals surface area contributed by atoms with Gasteiger partial charge in [0.1, 0.15) is 4.83 Å². The maximum atomic E-state index is 8.98. The average Bonchev–Trinajstić information content (AvgIpc) is 3.07. The lowest BCUT2D eigenvalue weighted by molar-refractivity contribution is 0.311. The van der Waals surface area contributed by atoms with E-state index in [1.165, 1.54) is 10.1 Å². The molecule has 20 heavy (non-hydrogen) atoms. The maximum absolute atomic E-state index is 8.98. The highest BCUT2D eigenvalue weighted by Gasteiger charge is 2.12. The molecular weight excluding hydrogens is 270 g/mol. The van der Waals surface area contributed by atoms with Gasteiger partial charge in [0, 0.05) is 22.8 Å². The fourth-order valence-corrected chi connectivity index (χ4v) is 3.63. The van der Waals surface area contributed by atoms with Crippen molar-refractivity contribution >= 4 is 43.1 Å². The molecule has 0 radical (unpaired) electrons. The summed E-state index contributed by atoms with van der Waals surface area (Å²) < 4.78 is 3.41. The normalized spacial score (nSPS) is 11.7. The predicted octanol–water partition coefficient (Wildman–Crippen LogP) is 3.11. The van der Waals surface area contributed by atoms with E-state index in [9.17, 15) is 0 Å². The van der Waals surface area contributed by atoms with Crippen molar-refractivity contribution in [3.8, 4) is 0 Å². The summed E-state index contributed by atoms with van der Waals surface area (Å²) in [6, 6.07) is 12.4. The topological polar surface area (TPSA) is 49.6 Å². The third-order valence-electron chi connectivity index (χ3n) is 3.40. The zero-order chi connectivity index (χ0) is 13.5. The van der Waals surface area contributed by atoms with Crippen LogP contribution in [-0.4, -0.2) is 27.6 Å². The molecule has 0 bridgehead atoms. The van der Waals surface area contributed by atoms with Crippen molar-refractivity contribution < 1.29 is 5.11 Å². The highest BCUT2D eigenvalue weighted by molar-refractivity contribution is 7.25. The zero-order valence-electron chi connectivity index (χ0n) is 10.7. The Labute approximate surface area is 119 Å². The van der Waals surface area contributed by atoms with Crippen LogP contribution in [0.5, 0.6) is 0 Å². The molecule has 0 saturated carbocycles. The van der Waals surface area contributed by atoms with Crippen LogP contribution >= 0.6 is 11.3 Å². The Morgan fingerprint density at radius 1 is 1.20 bits per heavy atom. The first-order valence-electron chi connectivity index (χ1n) is 6.51. The van der Waals surface area contributed by atoms with Gasteiger partial charge in [-0.15, -0.1) is 11.3 Å². The second-order valence-electron chi connectivity index (χ2n) is 4.63. The minimum atomic E-state index is 0.0962. The number of hydrogen-bond acceptors (Lipinski definition) is 4. The zero-order valence-corrected chi connectivity index (χ0v) is 11.5. The van der Waals surface area contributed by atoms with Crippen LogP contribution in [0, 0.1) is 0 Å². The van der Waals surface area contributed by atoms with Crippen molar-refractivity contribution in [1.29, 1.82) is 0 Å². The molecule has 0 amide bonds. The number of rotatable bonds is 3. The molecule has 4 aromatic rings. The average molecular weight is 283 g/mol. The Morgan fingerprint density at radius 2 is 2.10 bits per heavy atom. The third kappa shape index (κ3) is 1.60. The fraction of sp³-hybridized carbons (Fsp3) is 0.133. The van der Waals surface area contributed by atoms with Crippen LogP contribution in [0.15, 0.2) is 42.6 Å².